The third kappa shape index (κ3) is 3.89. The van der Waals surface area contributed by atoms with E-state index in [1.807, 2.05) is 36.4 Å². The van der Waals surface area contributed by atoms with E-state index in [1.54, 1.807) is 30.2 Å². The van der Waals surface area contributed by atoms with Gasteiger partial charge in [0.25, 0.3) is 0 Å². The van der Waals surface area contributed by atoms with Crippen LogP contribution in [-0.2, 0) is 13.7 Å². The number of aromatic nitrogens is 5. The number of fused-ring (bicyclic) bond motifs is 1. The number of aryl methyl sites for hydroxylation is 1. The van der Waals surface area contributed by atoms with Crippen LogP contribution in [0.4, 0.5) is 0 Å². The van der Waals surface area contributed by atoms with Crippen LogP contribution in [0.15, 0.2) is 54.9 Å². The van der Waals surface area contributed by atoms with Crippen LogP contribution in [0.1, 0.15) is 17.0 Å². The molecule has 3 heterocycles. The van der Waals surface area contributed by atoms with Crippen molar-refractivity contribution in [1.82, 2.24) is 24.7 Å². The second-order valence-corrected chi connectivity index (χ2v) is 6.13. The van der Waals surface area contributed by atoms with E-state index < -0.39 is 0 Å². The highest BCUT2D eigenvalue weighted by molar-refractivity contribution is 6.31. The second-order valence-electron chi connectivity index (χ2n) is 5.73. The molecule has 4 rings (SSSR count). The molecule has 0 bridgehead atoms. The average Bonchev–Trinajstić information content (AvgIpc) is 3.02. The topological polar surface area (TPSA) is 65.7 Å². The van der Waals surface area contributed by atoms with Crippen molar-refractivity contribution in [2.75, 3.05) is 0 Å². The maximum Gasteiger partial charge on any atom is 0.250 e. The lowest BCUT2D eigenvalue weighted by molar-refractivity contribution is 0.287. The summed E-state index contributed by atoms with van der Waals surface area (Å²) in [5.41, 5.74) is 3.05. The number of hydrogen-bond acceptors (Lipinski definition) is 5. The number of halogens is 1. The van der Waals surface area contributed by atoms with Crippen molar-refractivity contribution in [3.63, 3.8) is 0 Å². The summed E-state index contributed by atoms with van der Waals surface area (Å²) in [6.07, 6.45) is 3.38. The van der Waals surface area contributed by atoms with Gasteiger partial charge in [0.1, 0.15) is 17.8 Å². The zero-order valence-corrected chi connectivity index (χ0v) is 15.2. The molecule has 0 amide bonds. The van der Waals surface area contributed by atoms with Crippen molar-refractivity contribution < 1.29 is 4.74 Å². The number of nitrogens with zero attached hydrogens (tertiary/aromatic N) is 5. The molecule has 0 aliphatic heterocycles. The Bertz CT molecular complexity index is 1160. The zero-order valence-electron chi connectivity index (χ0n) is 14.4. The van der Waals surface area contributed by atoms with Crippen LogP contribution in [0.3, 0.4) is 0 Å². The largest absolute Gasteiger partial charge is 0.469 e. The fraction of sp³-hybridized carbons (Fsp3) is 0.100. The van der Waals surface area contributed by atoms with Gasteiger partial charge in [-0.2, -0.15) is 5.10 Å². The second kappa shape index (κ2) is 7.44. The molecule has 1 aromatic carbocycles. The molecule has 4 aromatic rings. The van der Waals surface area contributed by atoms with E-state index in [0.717, 1.165) is 5.56 Å². The molecule has 0 atom stereocenters. The summed E-state index contributed by atoms with van der Waals surface area (Å²) in [6, 6.07) is 13.3. The molecular weight excluding hydrogens is 362 g/mol. The molecule has 6 nitrogen and oxygen atoms in total. The van der Waals surface area contributed by atoms with E-state index in [-0.39, 0.29) is 6.61 Å². The first-order valence-electron chi connectivity index (χ1n) is 8.20. The van der Waals surface area contributed by atoms with Crippen LogP contribution in [0.5, 0.6) is 5.88 Å². The highest BCUT2D eigenvalue weighted by atomic mass is 35.5. The molecule has 0 fully saturated rings. The summed E-state index contributed by atoms with van der Waals surface area (Å²) in [5.74, 6) is 6.42. The normalized spacial score (nSPS) is 10.4. The van der Waals surface area contributed by atoms with Crippen LogP contribution in [0.25, 0.3) is 11.2 Å². The van der Waals surface area contributed by atoms with Gasteiger partial charge in [-0.05, 0) is 30.2 Å². The molecule has 0 spiro atoms. The summed E-state index contributed by atoms with van der Waals surface area (Å²) in [6.45, 7) is 0.167. The lowest BCUT2D eigenvalue weighted by Crippen LogP contribution is -2.04. The van der Waals surface area contributed by atoms with Gasteiger partial charge in [-0.3, -0.25) is 4.68 Å². The number of hydrogen-bond donors (Lipinski definition) is 0. The molecule has 132 valence electrons. The first-order chi connectivity index (χ1) is 13.2. The Morgan fingerprint density at radius 3 is 2.70 bits per heavy atom. The third-order valence-corrected chi connectivity index (χ3v) is 4.02. The van der Waals surface area contributed by atoms with Gasteiger partial charge in [0.15, 0.2) is 11.3 Å². The quantitative estimate of drug-likeness (QED) is 0.513. The minimum absolute atomic E-state index is 0.167. The van der Waals surface area contributed by atoms with Crippen molar-refractivity contribution in [3.05, 3.63) is 76.8 Å². The summed E-state index contributed by atoms with van der Waals surface area (Å²) in [4.78, 5) is 13.3. The molecular formula is C20H14ClN5O. The SMILES string of the molecule is Cn1cc(Cl)c(COc2nc3cccnc3nc2C#Cc2ccccc2)n1. The van der Waals surface area contributed by atoms with Crippen LogP contribution in [0.2, 0.25) is 5.02 Å². The summed E-state index contributed by atoms with van der Waals surface area (Å²) in [5, 5.41) is 4.81. The Morgan fingerprint density at radius 2 is 1.93 bits per heavy atom. The van der Waals surface area contributed by atoms with Crippen molar-refractivity contribution in [1.29, 1.82) is 0 Å². The summed E-state index contributed by atoms with van der Waals surface area (Å²) in [7, 11) is 1.80. The Hall–Kier alpha value is -3.43. The van der Waals surface area contributed by atoms with Crippen molar-refractivity contribution in [2.45, 2.75) is 6.61 Å². The van der Waals surface area contributed by atoms with Gasteiger partial charge in [0, 0.05) is 25.0 Å². The van der Waals surface area contributed by atoms with E-state index in [9.17, 15) is 0 Å². The van der Waals surface area contributed by atoms with E-state index in [1.165, 1.54) is 0 Å². The number of ether oxygens (including phenoxy) is 1. The number of pyridine rings is 1. The fourth-order valence-corrected chi connectivity index (χ4v) is 2.69. The highest BCUT2D eigenvalue weighted by Crippen LogP contribution is 2.20. The molecule has 7 heteroatoms. The molecule has 0 saturated carbocycles. The van der Waals surface area contributed by atoms with Crippen molar-refractivity contribution in [3.8, 4) is 17.7 Å². The monoisotopic (exact) mass is 375 g/mol. The van der Waals surface area contributed by atoms with Crippen molar-refractivity contribution in [2.24, 2.45) is 7.05 Å². The van der Waals surface area contributed by atoms with Crippen LogP contribution in [-0.4, -0.2) is 24.7 Å². The molecule has 27 heavy (non-hydrogen) atoms. The summed E-state index contributed by atoms with van der Waals surface area (Å²) < 4.78 is 7.48. The maximum absolute atomic E-state index is 6.15. The molecule has 0 unspecified atom stereocenters. The standard InChI is InChI=1S/C20H14ClN5O/c1-26-12-15(21)18(25-26)13-27-20-17(10-9-14-6-3-2-4-7-14)23-19-16(24-20)8-5-11-22-19/h2-8,11-12H,13H2,1H3. The van der Waals surface area contributed by atoms with E-state index >= 15 is 0 Å². The van der Waals surface area contributed by atoms with Gasteiger partial charge in [-0.1, -0.05) is 35.7 Å². The minimum Gasteiger partial charge on any atom is -0.469 e. The average molecular weight is 376 g/mol. The van der Waals surface area contributed by atoms with Gasteiger partial charge >= 0.3 is 0 Å². The third-order valence-electron chi connectivity index (χ3n) is 3.71. The summed E-state index contributed by atoms with van der Waals surface area (Å²) >= 11 is 6.15. The Kier molecular flexibility index (Phi) is 4.69. The molecule has 0 aliphatic carbocycles. The lowest BCUT2D eigenvalue weighted by Gasteiger charge is -2.07. The molecule has 0 saturated heterocycles. The Balaban J connectivity index is 1.71. The Labute approximate surface area is 160 Å². The fourth-order valence-electron chi connectivity index (χ4n) is 2.45. The van der Waals surface area contributed by atoms with Gasteiger partial charge in [-0.25, -0.2) is 15.0 Å². The maximum atomic E-state index is 6.15. The van der Waals surface area contributed by atoms with Gasteiger partial charge in [0.05, 0.1) is 5.02 Å². The molecule has 0 N–H and O–H groups in total. The van der Waals surface area contributed by atoms with E-state index in [2.05, 4.69) is 31.9 Å². The van der Waals surface area contributed by atoms with Gasteiger partial charge in [0.2, 0.25) is 5.88 Å². The molecule has 0 aliphatic rings. The number of benzene rings is 1. The Morgan fingerprint density at radius 1 is 1.07 bits per heavy atom. The van der Waals surface area contributed by atoms with E-state index in [4.69, 9.17) is 16.3 Å². The first-order valence-corrected chi connectivity index (χ1v) is 8.57. The van der Waals surface area contributed by atoms with Crippen LogP contribution in [0, 0.1) is 11.8 Å². The smallest absolute Gasteiger partial charge is 0.250 e. The van der Waals surface area contributed by atoms with Crippen molar-refractivity contribution >= 4 is 22.8 Å². The van der Waals surface area contributed by atoms with Gasteiger partial charge < -0.3 is 4.74 Å². The molecule has 0 radical (unpaired) electrons. The minimum atomic E-state index is 0.167. The zero-order chi connectivity index (χ0) is 18.6. The van der Waals surface area contributed by atoms with Crippen LogP contribution < -0.4 is 4.74 Å². The molecule has 3 aromatic heterocycles. The first kappa shape index (κ1) is 17.0. The predicted octanol–water partition coefficient (Wildman–Crippen LogP) is 3.39. The van der Waals surface area contributed by atoms with Crippen LogP contribution >= 0.6 is 11.6 Å². The van der Waals surface area contributed by atoms with Gasteiger partial charge in [-0.15, -0.1) is 0 Å². The highest BCUT2D eigenvalue weighted by Gasteiger charge is 2.12. The van der Waals surface area contributed by atoms with E-state index in [0.29, 0.717) is 33.5 Å². The predicted molar refractivity (Wildman–Crippen MR) is 102 cm³/mol. The number of rotatable bonds is 3. The lowest BCUT2D eigenvalue weighted by atomic mass is 10.2.